The van der Waals surface area contributed by atoms with Gasteiger partial charge in [-0.15, -0.1) is 0 Å². The molecule has 0 saturated heterocycles. The number of aliphatic carboxylic acids is 1. The molecule has 0 bridgehead atoms. The molecule has 2 aliphatic carbocycles. The zero-order valence-electron chi connectivity index (χ0n) is 20.2. The fourth-order valence-corrected chi connectivity index (χ4v) is 5.29. The number of carboxylic acid groups (broad SMARTS) is 1. The van der Waals surface area contributed by atoms with Gasteiger partial charge in [-0.2, -0.15) is 0 Å². The monoisotopic (exact) mass is 452 g/mol. The van der Waals surface area contributed by atoms with Gasteiger partial charge in [-0.1, -0.05) is 36.7 Å². The molecule has 6 heteroatoms. The summed E-state index contributed by atoms with van der Waals surface area (Å²) in [6, 6.07) is 5.81. The van der Waals surface area contributed by atoms with Crippen molar-refractivity contribution in [1.29, 1.82) is 0 Å². The summed E-state index contributed by atoms with van der Waals surface area (Å²) in [4.78, 5) is 24.7. The highest BCUT2D eigenvalue weighted by atomic mass is 16.5. The molecule has 4 rings (SSSR count). The minimum Gasteiger partial charge on any atom is -0.481 e. The third kappa shape index (κ3) is 5.66. The van der Waals surface area contributed by atoms with Crippen molar-refractivity contribution in [1.82, 2.24) is 5.16 Å². The summed E-state index contributed by atoms with van der Waals surface area (Å²) in [5.41, 5.74) is 4.73. The number of anilines is 1. The van der Waals surface area contributed by atoms with Crippen LogP contribution in [0.15, 0.2) is 22.7 Å². The summed E-state index contributed by atoms with van der Waals surface area (Å²) in [7, 11) is 0. The number of aryl methyl sites for hydroxylation is 2. The first-order chi connectivity index (χ1) is 15.7. The number of carbonyl (C=O) groups excluding carboxylic acids is 1. The third-order valence-corrected chi connectivity index (χ3v) is 7.10. The highest BCUT2D eigenvalue weighted by Crippen LogP contribution is 2.51. The Morgan fingerprint density at radius 2 is 1.91 bits per heavy atom. The molecule has 2 aromatic rings. The van der Waals surface area contributed by atoms with Gasteiger partial charge in [0.25, 0.3) is 0 Å². The Hall–Kier alpha value is -2.63. The van der Waals surface area contributed by atoms with Gasteiger partial charge in [0.1, 0.15) is 5.76 Å². The molecule has 2 aliphatic rings. The van der Waals surface area contributed by atoms with Gasteiger partial charge in [0.15, 0.2) is 0 Å². The van der Waals surface area contributed by atoms with E-state index in [0.29, 0.717) is 24.2 Å². The Labute approximate surface area is 196 Å². The lowest BCUT2D eigenvalue weighted by Crippen LogP contribution is -2.28. The second kappa shape index (κ2) is 9.70. The maximum atomic E-state index is 13.1. The van der Waals surface area contributed by atoms with Crippen LogP contribution in [0.25, 0.3) is 0 Å². The number of hydrogen-bond acceptors (Lipinski definition) is 4. The molecule has 1 unspecified atom stereocenters. The molecule has 1 aromatic heterocycles. The van der Waals surface area contributed by atoms with E-state index in [2.05, 4.69) is 24.3 Å². The highest BCUT2D eigenvalue weighted by Gasteiger charge is 2.41. The van der Waals surface area contributed by atoms with Gasteiger partial charge in [0.2, 0.25) is 5.91 Å². The standard InChI is InChI=1S/C27H36N2O4/c1-15(2)9-18-11-20(12-18)26-25(19-6-7-19)23(29-33-26)13-21(14-24(30)31)27(32)28-22-8-5-16(3)10-17(22)4/h5,8,10,15,18-21H,6-7,9,11-14H2,1-4H3,(H,28,32)(H,30,31). The normalized spacial score (nSPS) is 21.0. The van der Waals surface area contributed by atoms with E-state index in [-0.39, 0.29) is 12.3 Å². The molecule has 0 aliphatic heterocycles. The molecule has 1 heterocycles. The van der Waals surface area contributed by atoms with Crippen molar-refractivity contribution in [2.75, 3.05) is 5.32 Å². The Bertz CT molecular complexity index is 1020. The molecule has 2 saturated carbocycles. The van der Waals surface area contributed by atoms with Crippen molar-refractivity contribution in [3.05, 3.63) is 46.3 Å². The highest BCUT2D eigenvalue weighted by molar-refractivity contribution is 5.95. The fraction of sp³-hybridized carbons (Fsp3) is 0.593. The predicted molar refractivity (Wildman–Crippen MR) is 127 cm³/mol. The lowest BCUT2D eigenvalue weighted by atomic mass is 9.69. The molecule has 6 nitrogen and oxygen atoms in total. The number of amides is 1. The molecular weight excluding hydrogens is 416 g/mol. The molecule has 1 atom stereocenters. The maximum Gasteiger partial charge on any atom is 0.304 e. The summed E-state index contributed by atoms with van der Waals surface area (Å²) in [5.74, 6) is 1.34. The molecule has 178 valence electrons. The van der Waals surface area contributed by atoms with Crippen molar-refractivity contribution < 1.29 is 19.2 Å². The number of nitrogens with zero attached hydrogens (tertiary/aromatic N) is 1. The number of hydrogen-bond donors (Lipinski definition) is 2. The van der Waals surface area contributed by atoms with Crippen LogP contribution in [0, 0.1) is 31.6 Å². The lowest BCUT2D eigenvalue weighted by Gasteiger charge is -2.35. The van der Waals surface area contributed by atoms with Crippen LogP contribution < -0.4 is 5.32 Å². The lowest BCUT2D eigenvalue weighted by molar-refractivity contribution is -0.140. The van der Waals surface area contributed by atoms with E-state index in [4.69, 9.17) is 4.52 Å². The third-order valence-electron chi connectivity index (χ3n) is 7.10. The molecule has 2 N–H and O–H groups in total. The SMILES string of the molecule is Cc1ccc(NC(=O)C(CC(=O)O)Cc2noc(C3CC(CC(C)C)C3)c2C2CC2)c(C)c1. The summed E-state index contributed by atoms with van der Waals surface area (Å²) in [6.07, 6.45) is 5.80. The Morgan fingerprint density at radius 1 is 1.18 bits per heavy atom. The van der Waals surface area contributed by atoms with E-state index in [9.17, 15) is 14.7 Å². The van der Waals surface area contributed by atoms with E-state index in [1.165, 1.54) is 6.42 Å². The van der Waals surface area contributed by atoms with Gasteiger partial charge in [-0.25, -0.2) is 0 Å². The number of aromatic nitrogens is 1. The number of nitrogens with one attached hydrogen (secondary N) is 1. The Kier molecular flexibility index (Phi) is 6.91. The van der Waals surface area contributed by atoms with Crippen LogP contribution in [-0.2, 0) is 16.0 Å². The van der Waals surface area contributed by atoms with Gasteiger partial charge < -0.3 is 14.9 Å². The van der Waals surface area contributed by atoms with E-state index in [1.54, 1.807) is 0 Å². The molecule has 0 spiro atoms. The first kappa shape index (κ1) is 23.5. The molecule has 1 amide bonds. The second-order valence-corrected chi connectivity index (χ2v) is 10.7. The van der Waals surface area contributed by atoms with Crippen molar-refractivity contribution in [2.45, 2.75) is 84.5 Å². The predicted octanol–water partition coefficient (Wildman–Crippen LogP) is 5.98. The summed E-state index contributed by atoms with van der Waals surface area (Å²) in [5, 5.41) is 16.8. The second-order valence-electron chi connectivity index (χ2n) is 10.7. The average molecular weight is 453 g/mol. The Balaban J connectivity index is 1.50. The quantitative estimate of drug-likeness (QED) is 0.462. The van der Waals surface area contributed by atoms with E-state index in [0.717, 1.165) is 65.4 Å². The van der Waals surface area contributed by atoms with E-state index in [1.807, 2.05) is 32.0 Å². The van der Waals surface area contributed by atoms with Crippen LogP contribution in [0.5, 0.6) is 0 Å². The van der Waals surface area contributed by atoms with Gasteiger partial charge in [-0.05, 0) is 75.3 Å². The first-order valence-electron chi connectivity index (χ1n) is 12.3. The van der Waals surface area contributed by atoms with Crippen molar-refractivity contribution in [3.8, 4) is 0 Å². The molecule has 1 aromatic carbocycles. The van der Waals surface area contributed by atoms with Crippen molar-refractivity contribution >= 4 is 17.6 Å². The van der Waals surface area contributed by atoms with Gasteiger partial charge >= 0.3 is 5.97 Å². The average Bonchev–Trinajstić information content (AvgIpc) is 3.46. The van der Waals surface area contributed by atoms with Crippen LogP contribution in [0.4, 0.5) is 5.69 Å². The molecule has 33 heavy (non-hydrogen) atoms. The first-order valence-corrected chi connectivity index (χ1v) is 12.3. The molecular formula is C27H36N2O4. The van der Waals surface area contributed by atoms with Crippen LogP contribution in [0.2, 0.25) is 0 Å². The van der Waals surface area contributed by atoms with Crippen LogP contribution >= 0.6 is 0 Å². The van der Waals surface area contributed by atoms with E-state index >= 15 is 0 Å². The molecule has 0 radical (unpaired) electrons. The zero-order valence-corrected chi connectivity index (χ0v) is 20.2. The minimum absolute atomic E-state index is 0.233. The van der Waals surface area contributed by atoms with Crippen LogP contribution in [0.3, 0.4) is 0 Å². The van der Waals surface area contributed by atoms with Crippen molar-refractivity contribution in [3.63, 3.8) is 0 Å². The Morgan fingerprint density at radius 3 is 2.52 bits per heavy atom. The molecule has 2 fully saturated rings. The van der Waals surface area contributed by atoms with Gasteiger partial charge in [0.05, 0.1) is 18.0 Å². The summed E-state index contributed by atoms with van der Waals surface area (Å²) >= 11 is 0. The summed E-state index contributed by atoms with van der Waals surface area (Å²) in [6.45, 7) is 8.47. The zero-order chi connectivity index (χ0) is 23.7. The number of carboxylic acids is 1. The van der Waals surface area contributed by atoms with Gasteiger partial charge in [-0.3, -0.25) is 9.59 Å². The number of carbonyl (C=O) groups is 2. The number of rotatable bonds is 10. The van der Waals surface area contributed by atoms with Crippen molar-refractivity contribution in [2.24, 2.45) is 17.8 Å². The van der Waals surface area contributed by atoms with Crippen LogP contribution in [-0.4, -0.2) is 22.1 Å². The minimum atomic E-state index is -0.983. The maximum absolute atomic E-state index is 13.1. The largest absolute Gasteiger partial charge is 0.481 e. The summed E-state index contributed by atoms with van der Waals surface area (Å²) < 4.78 is 5.86. The fourth-order valence-electron chi connectivity index (χ4n) is 5.29. The number of benzene rings is 1. The smallest absolute Gasteiger partial charge is 0.304 e. The van der Waals surface area contributed by atoms with Crippen LogP contribution in [0.1, 0.15) is 92.4 Å². The topological polar surface area (TPSA) is 92.4 Å². The van der Waals surface area contributed by atoms with Gasteiger partial charge in [0, 0.05) is 23.6 Å². The van der Waals surface area contributed by atoms with E-state index < -0.39 is 11.9 Å².